The summed E-state index contributed by atoms with van der Waals surface area (Å²) in [6, 6.07) is 2.91. The number of ether oxygens (including phenoxy) is 1. The summed E-state index contributed by atoms with van der Waals surface area (Å²) in [5, 5.41) is 2.59. The molecule has 4 nitrogen and oxygen atoms in total. The molecule has 0 radical (unpaired) electrons. The highest BCUT2D eigenvalue weighted by atomic mass is 19.1. The van der Waals surface area contributed by atoms with Crippen LogP contribution in [-0.2, 0) is 4.74 Å². The van der Waals surface area contributed by atoms with Crippen LogP contribution in [0.15, 0.2) is 18.2 Å². The number of hydrogen-bond donors (Lipinski definition) is 1. The summed E-state index contributed by atoms with van der Waals surface area (Å²) < 4.78 is 33.2. The summed E-state index contributed by atoms with van der Waals surface area (Å²) in [7, 11) is 0. The molecule has 0 saturated carbocycles. The SMILES string of the molecule is CC(C)(C)OC(=O)N[C@H](CN1CCC1)c1c(F)cccc1F. The lowest BCUT2D eigenvalue weighted by atomic mass is 10.0. The van der Waals surface area contributed by atoms with E-state index in [0.29, 0.717) is 6.54 Å². The molecule has 0 unspecified atom stereocenters. The van der Waals surface area contributed by atoms with Gasteiger partial charge >= 0.3 is 6.09 Å². The molecule has 0 aromatic heterocycles. The molecular weight excluding hydrogens is 290 g/mol. The van der Waals surface area contributed by atoms with E-state index in [0.717, 1.165) is 19.5 Å². The maximum Gasteiger partial charge on any atom is 0.408 e. The Morgan fingerprint density at radius 2 is 1.91 bits per heavy atom. The highest BCUT2D eigenvalue weighted by Crippen LogP contribution is 2.24. The molecule has 122 valence electrons. The van der Waals surface area contributed by atoms with Crippen LogP contribution in [0.4, 0.5) is 13.6 Å². The Kier molecular flexibility index (Phi) is 5.01. The molecule has 1 N–H and O–H groups in total. The van der Waals surface area contributed by atoms with Crippen molar-refractivity contribution >= 4 is 6.09 Å². The van der Waals surface area contributed by atoms with Crippen molar-refractivity contribution in [1.29, 1.82) is 0 Å². The molecule has 1 heterocycles. The van der Waals surface area contributed by atoms with Crippen LogP contribution >= 0.6 is 0 Å². The minimum atomic E-state index is -0.781. The van der Waals surface area contributed by atoms with Crippen LogP contribution in [0.5, 0.6) is 0 Å². The number of hydrogen-bond acceptors (Lipinski definition) is 3. The van der Waals surface area contributed by atoms with Gasteiger partial charge in [-0.3, -0.25) is 0 Å². The zero-order valence-corrected chi connectivity index (χ0v) is 13.2. The van der Waals surface area contributed by atoms with Gasteiger partial charge in [0.15, 0.2) is 0 Å². The van der Waals surface area contributed by atoms with Gasteiger partial charge in [0.2, 0.25) is 0 Å². The molecule has 1 aliphatic heterocycles. The Labute approximate surface area is 129 Å². The molecule has 1 aliphatic rings. The van der Waals surface area contributed by atoms with Crippen LogP contribution in [0.25, 0.3) is 0 Å². The van der Waals surface area contributed by atoms with Crippen molar-refractivity contribution in [2.24, 2.45) is 0 Å². The summed E-state index contributed by atoms with van der Waals surface area (Å²) in [6.45, 7) is 7.30. The number of carbonyl (C=O) groups excluding carboxylic acids is 1. The Bertz CT molecular complexity index is 519. The number of nitrogens with zero attached hydrogens (tertiary/aromatic N) is 1. The van der Waals surface area contributed by atoms with E-state index in [9.17, 15) is 13.6 Å². The van der Waals surface area contributed by atoms with E-state index in [1.54, 1.807) is 20.8 Å². The second-order valence-corrected chi connectivity index (χ2v) is 6.49. The fourth-order valence-electron chi connectivity index (χ4n) is 2.33. The predicted octanol–water partition coefficient (Wildman–Crippen LogP) is 3.24. The van der Waals surface area contributed by atoms with Crippen LogP contribution in [0.3, 0.4) is 0 Å². The number of halogens is 2. The van der Waals surface area contributed by atoms with Gasteiger partial charge in [0.05, 0.1) is 6.04 Å². The van der Waals surface area contributed by atoms with E-state index in [4.69, 9.17) is 4.74 Å². The molecule has 1 aromatic rings. The molecule has 1 atom stereocenters. The number of alkyl carbamates (subject to hydrolysis) is 1. The van der Waals surface area contributed by atoms with Crippen molar-refractivity contribution in [1.82, 2.24) is 10.2 Å². The van der Waals surface area contributed by atoms with Crippen LogP contribution < -0.4 is 5.32 Å². The zero-order valence-electron chi connectivity index (χ0n) is 13.2. The number of benzene rings is 1. The van der Waals surface area contributed by atoms with Crippen molar-refractivity contribution in [3.63, 3.8) is 0 Å². The van der Waals surface area contributed by atoms with Gasteiger partial charge in [-0.2, -0.15) is 0 Å². The lowest BCUT2D eigenvalue weighted by molar-refractivity contribution is 0.0476. The van der Waals surface area contributed by atoms with Gasteiger partial charge in [-0.15, -0.1) is 0 Å². The van der Waals surface area contributed by atoms with Crippen LogP contribution in [0.1, 0.15) is 38.8 Å². The van der Waals surface area contributed by atoms with E-state index in [2.05, 4.69) is 5.32 Å². The van der Waals surface area contributed by atoms with Gasteiger partial charge in [-0.1, -0.05) is 6.07 Å². The first-order chi connectivity index (χ1) is 10.3. The first-order valence-electron chi connectivity index (χ1n) is 7.42. The van der Waals surface area contributed by atoms with E-state index in [1.807, 2.05) is 4.90 Å². The second kappa shape index (κ2) is 6.60. The second-order valence-electron chi connectivity index (χ2n) is 6.49. The van der Waals surface area contributed by atoms with Gasteiger partial charge in [-0.25, -0.2) is 13.6 Å². The average molecular weight is 312 g/mol. The highest BCUT2D eigenvalue weighted by Gasteiger charge is 2.28. The third-order valence-corrected chi connectivity index (χ3v) is 3.43. The molecule has 2 rings (SSSR count). The first kappa shape index (κ1) is 16.7. The first-order valence-corrected chi connectivity index (χ1v) is 7.42. The van der Waals surface area contributed by atoms with E-state index >= 15 is 0 Å². The largest absolute Gasteiger partial charge is 0.444 e. The minimum Gasteiger partial charge on any atom is -0.444 e. The molecule has 1 fully saturated rings. The number of nitrogens with one attached hydrogen (secondary N) is 1. The Hall–Kier alpha value is -1.69. The number of amides is 1. The smallest absolute Gasteiger partial charge is 0.408 e. The third kappa shape index (κ3) is 4.40. The molecular formula is C16H22F2N2O2. The summed E-state index contributed by atoms with van der Waals surface area (Å²) in [4.78, 5) is 14.0. The van der Waals surface area contributed by atoms with E-state index < -0.39 is 29.4 Å². The van der Waals surface area contributed by atoms with Gasteiger partial charge in [0, 0.05) is 12.1 Å². The van der Waals surface area contributed by atoms with Crippen molar-refractivity contribution in [2.45, 2.75) is 38.8 Å². The fourth-order valence-corrected chi connectivity index (χ4v) is 2.33. The summed E-state index contributed by atoms with van der Waals surface area (Å²) in [5.41, 5.74) is -0.792. The summed E-state index contributed by atoms with van der Waals surface area (Å²) in [6.07, 6.45) is 0.375. The van der Waals surface area contributed by atoms with E-state index in [-0.39, 0.29) is 5.56 Å². The molecule has 0 aliphatic carbocycles. The van der Waals surface area contributed by atoms with Gasteiger partial charge in [0.1, 0.15) is 17.2 Å². The molecule has 22 heavy (non-hydrogen) atoms. The lowest BCUT2D eigenvalue weighted by Gasteiger charge is -2.35. The van der Waals surface area contributed by atoms with Gasteiger partial charge < -0.3 is 15.0 Å². The molecule has 1 aromatic carbocycles. The monoisotopic (exact) mass is 312 g/mol. The summed E-state index contributed by atoms with van der Waals surface area (Å²) in [5.74, 6) is -1.33. The standard InChI is InChI=1S/C16H22F2N2O2/c1-16(2,3)22-15(21)19-13(10-20-8-5-9-20)14-11(17)6-4-7-12(14)18/h4,6-7,13H,5,8-10H2,1-3H3,(H,19,21)/t13-/m1/s1. The molecule has 6 heteroatoms. The maximum absolute atomic E-state index is 14.0. The Balaban J connectivity index is 2.17. The molecule has 1 amide bonds. The average Bonchev–Trinajstić information content (AvgIpc) is 2.30. The quantitative estimate of drug-likeness (QED) is 0.928. The number of rotatable bonds is 4. The van der Waals surface area contributed by atoms with Crippen LogP contribution in [-0.4, -0.2) is 36.2 Å². The van der Waals surface area contributed by atoms with Crippen LogP contribution in [0, 0.1) is 11.6 Å². The number of likely N-dealkylation sites (tertiary alicyclic amines) is 1. The maximum atomic E-state index is 14.0. The molecule has 1 saturated heterocycles. The Morgan fingerprint density at radius 1 is 1.32 bits per heavy atom. The van der Waals surface area contributed by atoms with Crippen LogP contribution in [0.2, 0.25) is 0 Å². The predicted molar refractivity (Wildman–Crippen MR) is 79.5 cm³/mol. The highest BCUT2D eigenvalue weighted by molar-refractivity contribution is 5.68. The summed E-state index contributed by atoms with van der Waals surface area (Å²) >= 11 is 0. The lowest BCUT2D eigenvalue weighted by Crippen LogP contribution is -2.45. The zero-order chi connectivity index (χ0) is 16.3. The van der Waals surface area contributed by atoms with Crippen molar-refractivity contribution < 1.29 is 18.3 Å². The topological polar surface area (TPSA) is 41.6 Å². The van der Waals surface area contributed by atoms with E-state index in [1.165, 1.54) is 18.2 Å². The fraction of sp³-hybridized carbons (Fsp3) is 0.562. The van der Waals surface area contributed by atoms with Gasteiger partial charge in [0.25, 0.3) is 0 Å². The van der Waals surface area contributed by atoms with Crippen molar-refractivity contribution in [2.75, 3.05) is 19.6 Å². The molecule has 0 spiro atoms. The third-order valence-electron chi connectivity index (χ3n) is 3.43. The normalized spacial score (nSPS) is 16.8. The number of carbonyl (C=O) groups is 1. The minimum absolute atomic E-state index is 0.125. The molecule has 0 bridgehead atoms. The van der Waals surface area contributed by atoms with Gasteiger partial charge in [-0.05, 0) is 52.4 Å². The van der Waals surface area contributed by atoms with Crippen molar-refractivity contribution in [3.05, 3.63) is 35.4 Å². The Morgan fingerprint density at radius 3 is 2.36 bits per heavy atom. The van der Waals surface area contributed by atoms with Crippen molar-refractivity contribution in [3.8, 4) is 0 Å².